The number of hydrogen-bond acceptors (Lipinski definition) is 5. The minimum atomic E-state index is 0.0639. The monoisotopic (exact) mass is 508 g/mol. The second-order valence-electron chi connectivity index (χ2n) is 11.0. The molecule has 0 saturated heterocycles. The van der Waals surface area contributed by atoms with Gasteiger partial charge in [-0.15, -0.1) is 0 Å². The molecule has 188 valence electrons. The van der Waals surface area contributed by atoms with Gasteiger partial charge < -0.3 is 4.74 Å². The first-order chi connectivity index (χ1) is 19.0. The Kier molecular flexibility index (Phi) is 4.36. The summed E-state index contributed by atoms with van der Waals surface area (Å²) in [5.41, 5.74) is 5.87. The van der Waals surface area contributed by atoms with Crippen LogP contribution in [0.4, 0.5) is 0 Å². The van der Waals surface area contributed by atoms with Crippen LogP contribution in [0.1, 0.15) is 26.3 Å². The Hall–Kier alpha value is -5.04. The van der Waals surface area contributed by atoms with Crippen molar-refractivity contribution in [3.8, 4) is 11.5 Å². The summed E-state index contributed by atoms with van der Waals surface area (Å²) in [4.78, 5) is 18.4. The molecule has 0 spiro atoms. The molecule has 39 heavy (non-hydrogen) atoms. The van der Waals surface area contributed by atoms with Gasteiger partial charge >= 0.3 is 0 Å². The van der Waals surface area contributed by atoms with Crippen LogP contribution in [0.25, 0.3) is 54.9 Å². The molecule has 8 aromatic rings. The Balaban J connectivity index is 1.28. The van der Waals surface area contributed by atoms with Gasteiger partial charge in [0.05, 0.1) is 5.52 Å². The van der Waals surface area contributed by atoms with E-state index in [2.05, 4.69) is 70.5 Å². The van der Waals surface area contributed by atoms with Crippen LogP contribution in [-0.4, -0.2) is 28.7 Å². The van der Waals surface area contributed by atoms with Crippen LogP contribution in [0.5, 0.6) is 11.5 Å². The Labute approximate surface area is 223 Å². The first-order valence-corrected chi connectivity index (χ1v) is 13.0. The molecule has 5 heterocycles. The predicted octanol–water partition coefficient (Wildman–Crippen LogP) is 7.47. The zero-order valence-electron chi connectivity index (χ0n) is 21.8. The van der Waals surface area contributed by atoms with E-state index in [1.807, 2.05) is 47.3 Å². The lowest BCUT2D eigenvalue weighted by atomic mass is 9.86. The lowest BCUT2D eigenvalue weighted by Gasteiger charge is -2.20. The van der Waals surface area contributed by atoms with E-state index >= 15 is 0 Å². The van der Waals surface area contributed by atoms with Gasteiger partial charge in [-0.1, -0.05) is 32.9 Å². The summed E-state index contributed by atoms with van der Waals surface area (Å²) in [6.45, 7) is 6.72. The third kappa shape index (κ3) is 3.23. The summed E-state index contributed by atoms with van der Waals surface area (Å²) < 4.78 is 10.6. The van der Waals surface area contributed by atoms with Crippen LogP contribution in [0.3, 0.4) is 0 Å². The molecule has 0 saturated carbocycles. The van der Waals surface area contributed by atoms with Crippen LogP contribution in [-0.2, 0) is 5.41 Å². The van der Waals surface area contributed by atoms with Crippen molar-refractivity contribution < 1.29 is 4.74 Å². The highest BCUT2D eigenvalue weighted by molar-refractivity contribution is 6.12. The van der Waals surface area contributed by atoms with Gasteiger partial charge in [0.15, 0.2) is 5.65 Å². The van der Waals surface area contributed by atoms with Gasteiger partial charge in [0.1, 0.15) is 28.3 Å². The minimum Gasteiger partial charge on any atom is -0.457 e. The first-order valence-electron chi connectivity index (χ1n) is 13.0. The summed E-state index contributed by atoms with van der Waals surface area (Å²) >= 11 is 0. The lowest BCUT2D eigenvalue weighted by molar-refractivity contribution is 0.484. The van der Waals surface area contributed by atoms with Crippen molar-refractivity contribution in [1.82, 2.24) is 28.7 Å². The average Bonchev–Trinajstić information content (AvgIpc) is 3.63. The van der Waals surface area contributed by atoms with Crippen molar-refractivity contribution >= 4 is 54.9 Å². The molecule has 3 aromatic carbocycles. The fourth-order valence-corrected chi connectivity index (χ4v) is 5.61. The zero-order valence-corrected chi connectivity index (χ0v) is 21.8. The second-order valence-corrected chi connectivity index (χ2v) is 11.0. The van der Waals surface area contributed by atoms with Gasteiger partial charge in [-0.05, 0) is 58.8 Å². The molecule has 0 amide bonds. The number of fused-ring (bicyclic) bond motifs is 12. The molecule has 0 bridgehead atoms. The molecular weight excluding hydrogens is 484 g/mol. The highest BCUT2D eigenvalue weighted by atomic mass is 16.5. The van der Waals surface area contributed by atoms with Crippen molar-refractivity contribution in [2.45, 2.75) is 26.2 Å². The normalized spacial score (nSPS) is 12.5. The van der Waals surface area contributed by atoms with E-state index in [4.69, 9.17) is 9.72 Å². The minimum absolute atomic E-state index is 0.0639. The zero-order chi connectivity index (χ0) is 26.3. The Morgan fingerprint density at radius 3 is 1.95 bits per heavy atom. The summed E-state index contributed by atoms with van der Waals surface area (Å²) in [6.07, 6.45) is 11.0. The standard InChI is InChI=1S/C32H24N6O/c1-32(2,3)19-4-7-23-22-8-5-20(17-25(22)29-35-12-14-37(29)27(23)16-19)39-21-6-9-24-26(18-21)30-36-13-15-38(30)31-28(24)33-10-11-34-31/h4-18H,1-3H3. The number of rotatable bonds is 2. The Morgan fingerprint density at radius 1 is 0.564 bits per heavy atom. The Bertz CT molecular complexity index is 2250. The molecule has 0 unspecified atom stereocenters. The van der Waals surface area contributed by atoms with E-state index in [1.165, 1.54) is 10.9 Å². The van der Waals surface area contributed by atoms with Crippen LogP contribution in [0, 0.1) is 0 Å². The van der Waals surface area contributed by atoms with Crippen molar-refractivity contribution in [2.24, 2.45) is 0 Å². The molecule has 0 aliphatic carbocycles. The van der Waals surface area contributed by atoms with Crippen molar-refractivity contribution in [1.29, 1.82) is 0 Å². The van der Waals surface area contributed by atoms with Gasteiger partial charge in [-0.25, -0.2) is 15.0 Å². The highest BCUT2D eigenvalue weighted by Gasteiger charge is 2.17. The van der Waals surface area contributed by atoms with E-state index in [-0.39, 0.29) is 5.41 Å². The van der Waals surface area contributed by atoms with Crippen molar-refractivity contribution in [3.63, 3.8) is 0 Å². The predicted molar refractivity (Wildman–Crippen MR) is 155 cm³/mol. The molecule has 0 N–H and O–H groups in total. The maximum Gasteiger partial charge on any atom is 0.165 e. The van der Waals surface area contributed by atoms with E-state index in [0.29, 0.717) is 0 Å². The fraction of sp³-hybridized carbons (Fsp3) is 0.125. The van der Waals surface area contributed by atoms with Crippen molar-refractivity contribution in [2.75, 3.05) is 0 Å². The summed E-state index contributed by atoms with van der Waals surface area (Å²) in [5.74, 6) is 1.47. The van der Waals surface area contributed by atoms with Gasteiger partial charge in [-0.2, -0.15) is 0 Å². The van der Waals surface area contributed by atoms with Gasteiger partial charge in [0.25, 0.3) is 0 Å². The van der Waals surface area contributed by atoms with Crippen LogP contribution >= 0.6 is 0 Å². The van der Waals surface area contributed by atoms with Gasteiger partial charge in [0, 0.05) is 58.7 Å². The molecule has 7 heteroatoms. The lowest BCUT2D eigenvalue weighted by Crippen LogP contribution is -2.11. The number of benzene rings is 3. The molecule has 0 atom stereocenters. The average molecular weight is 509 g/mol. The Morgan fingerprint density at radius 2 is 1.18 bits per heavy atom. The number of hydrogen-bond donors (Lipinski definition) is 0. The molecule has 8 rings (SSSR count). The topological polar surface area (TPSA) is 69.6 Å². The SMILES string of the molecule is CC(C)(C)c1ccc2c3ccc(Oc4ccc5c(c4)c4nccn4c4nccnc54)cc3c3nccn3c2c1. The second kappa shape index (κ2) is 7.74. The summed E-state index contributed by atoms with van der Waals surface area (Å²) in [5, 5.41) is 5.34. The van der Waals surface area contributed by atoms with Crippen LogP contribution in [0.2, 0.25) is 0 Å². The molecule has 0 aliphatic heterocycles. The number of imidazole rings is 2. The van der Waals surface area contributed by atoms with Crippen molar-refractivity contribution in [3.05, 3.63) is 97.3 Å². The molecule has 0 radical (unpaired) electrons. The highest BCUT2D eigenvalue weighted by Crippen LogP contribution is 2.36. The third-order valence-corrected chi connectivity index (χ3v) is 7.56. The molecule has 7 nitrogen and oxygen atoms in total. The first kappa shape index (κ1) is 22.0. The summed E-state index contributed by atoms with van der Waals surface area (Å²) in [7, 11) is 0. The number of ether oxygens (including phenoxy) is 1. The number of nitrogens with zero attached hydrogens (tertiary/aromatic N) is 6. The van der Waals surface area contributed by atoms with E-state index < -0.39 is 0 Å². The van der Waals surface area contributed by atoms with Crippen LogP contribution < -0.4 is 4.74 Å². The quantitative estimate of drug-likeness (QED) is 0.227. The van der Waals surface area contributed by atoms with Gasteiger partial charge in [-0.3, -0.25) is 13.8 Å². The van der Waals surface area contributed by atoms with Gasteiger partial charge in [0.2, 0.25) is 0 Å². The summed E-state index contributed by atoms with van der Waals surface area (Å²) in [6, 6.07) is 19.0. The van der Waals surface area contributed by atoms with Crippen LogP contribution in [0.15, 0.2) is 91.8 Å². The maximum absolute atomic E-state index is 6.42. The number of pyridine rings is 2. The smallest absolute Gasteiger partial charge is 0.165 e. The number of aromatic nitrogens is 6. The molecular formula is C32H24N6O. The molecule has 0 fully saturated rings. The molecule has 0 aliphatic rings. The van der Waals surface area contributed by atoms with E-state index in [0.717, 1.165) is 61.0 Å². The van der Waals surface area contributed by atoms with E-state index in [9.17, 15) is 0 Å². The molecule has 5 aromatic heterocycles. The maximum atomic E-state index is 6.42. The van der Waals surface area contributed by atoms with E-state index in [1.54, 1.807) is 18.6 Å². The fourth-order valence-electron chi connectivity index (χ4n) is 5.61. The third-order valence-electron chi connectivity index (χ3n) is 7.56. The largest absolute Gasteiger partial charge is 0.457 e.